The van der Waals surface area contributed by atoms with Crippen molar-refractivity contribution in [3.05, 3.63) is 0 Å². The van der Waals surface area contributed by atoms with E-state index in [0.717, 1.165) is 0 Å². The molecule has 38 heavy (non-hydrogen) atoms. The Balaban J connectivity index is 2.45. The van der Waals surface area contributed by atoms with E-state index in [2.05, 4.69) is 79.3 Å². The summed E-state index contributed by atoms with van der Waals surface area (Å²) < 4.78 is 37.3. The molecule has 2 aliphatic heterocycles. The number of hydrogen-bond acceptors (Lipinski definition) is 9. The van der Waals surface area contributed by atoms with Crippen molar-refractivity contribution in [3.63, 3.8) is 0 Å². The first kappa shape index (κ1) is 33.2. The SMILES string of the molecule is CCOP(=O)(OCC)C(C)(C(=O)OC1CC(C)(C)N(C)C(C)(C)C1)C(=O)OC1CC(C)(C)N(C)C(C)(C)C1. The maximum absolute atomic E-state index is 14.2. The Morgan fingerprint density at radius 3 is 1.21 bits per heavy atom. The molecule has 0 aromatic heterocycles. The van der Waals surface area contributed by atoms with E-state index in [0.29, 0.717) is 25.7 Å². The number of ether oxygens (including phenoxy) is 2. The summed E-state index contributed by atoms with van der Waals surface area (Å²) in [6.07, 6.45) is 1.30. The predicted octanol–water partition coefficient (Wildman–Crippen LogP) is 5.40. The van der Waals surface area contributed by atoms with Crippen molar-refractivity contribution in [1.29, 1.82) is 0 Å². The van der Waals surface area contributed by atoms with Crippen LogP contribution in [0.15, 0.2) is 0 Å². The molecule has 2 aliphatic rings. The van der Waals surface area contributed by atoms with Crippen molar-refractivity contribution in [2.75, 3.05) is 27.3 Å². The van der Waals surface area contributed by atoms with Crippen LogP contribution in [0.3, 0.4) is 0 Å². The van der Waals surface area contributed by atoms with Gasteiger partial charge in [-0.1, -0.05) is 0 Å². The maximum Gasteiger partial charge on any atom is 0.359 e. The van der Waals surface area contributed by atoms with E-state index in [1.165, 1.54) is 6.92 Å². The van der Waals surface area contributed by atoms with Gasteiger partial charge >= 0.3 is 19.5 Å². The van der Waals surface area contributed by atoms with Gasteiger partial charge in [-0.25, -0.2) is 0 Å². The molecule has 9 nitrogen and oxygen atoms in total. The van der Waals surface area contributed by atoms with Crippen LogP contribution in [0.5, 0.6) is 0 Å². The zero-order valence-corrected chi connectivity index (χ0v) is 27.0. The molecule has 2 saturated heterocycles. The van der Waals surface area contributed by atoms with Gasteiger partial charge in [-0.15, -0.1) is 0 Å². The Bertz CT molecular complexity index is 828. The molecule has 0 N–H and O–H groups in total. The highest BCUT2D eigenvalue weighted by atomic mass is 31.2. The number of carbonyl (C=O) groups is 2. The summed E-state index contributed by atoms with van der Waals surface area (Å²) in [5, 5.41) is -2.27. The molecule has 2 heterocycles. The molecule has 2 rings (SSSR count). The van der Waals surface area contributed by atoms with E-state index in [1.807, 2.05) is 0 Å². The van der Waals surface area contributed by atoms with Gasteiger partial charge in [0.2, 0.25) is 0 Å². The minimum atomic E-state index is -4.31. The van der Waals surface area contributed by atoms with Crippen LogP contribution in [0.1, 0.15) is 102 Å². The van der Waals surface area contributed by atoms with Crippen molar-refractivity contribution in [3.8, 4) is 0 Å². The highest BCUT2D eigenvalue weighted by Gasteiger charge is 2.63. The average Bonchev–Trinajstić information content (AvgIpc) is 2.74. The van der Waals surface area contributed by atoms with Gasteiger partial charge in [-0.2, -0.15) is 0 Å². The third-order valence-corrected chi connectivity index (χ3v) is 11.7. The largest absolute Gasteiger partial charge is 0.461 e. The first-order chi connectivity index (χ1) is 17.1. The topological polar surface area (TPSA) is 94.6 Å². The molecule has 0 aromatic carbocycles. The fourth-order valence-corrected chi connectivity index (χ4v) is 8.02. The first-order valence-electron chi connectivity index (χ1n) is 13.9. The zero-order chi connectivity index (χ0) is 29.5. The predicted molar refractivity (Wildman–Crippen MR) is 149 cm³/mol. The molecular weight excluding hydrogens is 507 g/mol. The van der Waals surface area contributed by atoms with Crippen LogP contribution in [-0.2, 0) is 32.7 Å². The Morgan fingerprint density at radius 2 is 0.974 bits per heavy atom. The Kier molecular flexibility index (Phi) is 9.72. The quantitative estimate of drug-likeness (QED) is 0.209. The highest BCUT2D eigenvalue weighted by Crippen LogP contribution is 2.61. The lowest BCUT2D eigenvalue weighted by Crippen LogP contribution is -2.62. The van der Waals surface area contributed by atoms with Gasteiger partial charge in [-0.3, -0.25) is 24.0 Å². The fraction of sp³-hybridized carbons (Fsp3) is 0.929. The molecule has 0 atom stereocenters. The Labute approximate surface area is 230 Å². The molecule has 222 valence electrons. The maximum atomic E-state index is 14.2. The molecule has 0 amide bonds. The second kappa shape index (κ2) is 11.1. The lowest BCUT2D eigenvalue weighted by Gasteiger charge is -2.53. The molecular formula is C28H53N2O7P. The first-order valence-corrected chi connectivity index (χ1v) is 15.4. The number of likely N-dealkylation sites (tertiary alicyclic amines) is 2. The molecule has 0 radical (unpaired) electrons. The van der Waals surface area contributed by atoms with Crippen molar-refractivity contribution >= 4 is 19.5 Å². The van der Waals surface area contributed by atoms with Crippen LogP contribution in [0, 0.1) is 0 Å². The van der Waals surface area contributed by atoms with Crippen molar-refractivity contribution in [1.82, 2.24) is 9.80 Å². The van der Waals surface area contributed by atoms with Crippen LogP contribution < -0.4 is 0 Å². The number of carbonyl (C=O) groups excluding carboxylic acids is 2. The third kappa shape index (κ3) is 6.33. The molecule has 0 aliphatic carbocycles. The standard InChI is InChI=1S/C28H53N2O7P/c1-14-34-38(33,35-15-2)28(11,22(31)36-20-16-24(3,4)29(12)25(5,6)17-20)23(32)37-21-18-26(7,8)30(13)27(9,10)19-21/h20-21H,14-19H2,1-13H3. The monoisotopic (exact) mass is 560 g/mol. The molecule has 0 aromatic rings. The molecule has 0 unspecified atom stereocenters. The van der Waals surface area contributed by atoms with E-state index >= 15 is 0 Å². The van der Waals surface area contributed by atoms with E-state index in [4.69, 9.17) is 18.5 Å². The fourth-order valence-electron chi connectivity index (χ4n) is 6.20. The van der Waals surface area contributed by atoms with Crippen molar-refractivity contribution in [2.45, 2.75) is 141 Å². The van der Waals surface area contributed by atoms with Crippen LogP contribution in [-0.4, -0.2) is 88.6 Å². The summed E-state index contributed by atoms with van der Waals surface area (Å²) in [7, 11) is -0.196. The number of piperidine rings is 2. The third-order valence-electron chi connectivity index (χ3n) is 9.03. The second-order valence-electron chi connectivity index (χ2n) is 13.6. The summed E-state index contributed by atoms with van der Waals surface area (Å²) in [4.78, 5) is 32.4. The van der Waals surface area contributed by atoms with Crippen LogP contribution in [0.2, 0.25) is 0 Å². The summed E-state index contributed by atoms with van der Waals surface area (Å²) in [5.74, 6) is -1.86. The minimum Gasteiger partial charge on any atom is -0.461 e. The molecule has 0 saturated carbocycles. The normalized spacial score (nSPS) is 24.7. The van der Waals surface area contributed by atoms with Gasteiger partial charge < -0.3 is 18.5 Å². The van der Waals surface area contributed by atoms with Gasteiger partial charge in [0.25, 0.3) is 5.16 Å². The van der Waals surface area contributed by atoms with Gasteiger partial charge in [-0.05, 0) is 90.3 Å². The van der Waals surface area contributed by atoms with E-state index in [1.54, 1.807) is 13.8 Å². The number of esters is 2. The van der Waals surface area contributed by atoms with Gasteiger partial charge in [0.05, 0.1) is 13.2 Å². The Morgan fingerprint density at radius 1 is 0.711 bits per heavy atom. The molecule has 0 spiro atoms. The molecule has 10 heteroatoms. The number of hydrogen-bond donors (Lipinski definition) is 0. The lowest BCUT2D eigenvalue weighted by molar-refractivity contribution is -0.175. The second-order valence-corrected chi connectivity index (χ2v) is 16.0. The lowest BCUT2D eigenvalue weighted by atomic mass is 9.78. The van der Waals surface area contributed by atoms with Gasteiger partial charge in [0.15, 0.2) is 0 Å². The van der Waals surface area contributed by atoms with E-state index < -0.39 is 36.9 Å². The van der Waals surface area contributed by atoms with Gasteiger partial charge in [0.1, 0.15) is 12.2 Å². The molecule has 0 bridgehead atoms. The van der Waals surface area contributed by atoms with E-state index in [9.17, 15) is 14.2 Å². The average molecular weight is 561 g/mol. The van der Waals surface area contributed by atoms with Crippen molar-refractivity contribution in [2.24, 2.45) is 0 Å². The highest BCUT2D eigenvalue weighted by molar-refractivity contribution is 7.58. The summed E-state index contributed by atoms with van der Waals surface area (Å²) in [5.41, 5.74) is -1.01. The smallest absolute Gasteiger partial charge is 0.359 e. The zero-order valence-electron chi connectivity index (χ0n) is 26.1. The minimum absolute atomic E-state index is 0.00397. The Hall–Kier alpha value is -0.990. The van der Waals surface area contributed by atoms with Gasteiger partial charge in [0, 0.05) is 47.8 Å². The summed E-state index contributed by atoms with van der Waals surface area (Å²) in [6.45, 7) is 21.3. The van der Waals surface area contributed by atoms with Crippen LogP contribution in [0.4, 0.5) is 0 Å². The van der Waals surface area contributed by atoms with Crippen LogP contribution in [0.25, 0.3) is 0 Å². The van der Waals surface area contributed by atoms with Crippen LogP contribution >= 0.6 is 7.60 Å². The summed E-state index contributed by atoms with van der Waals surface area (Å²) in [6, 6.07) is 0. The number of rotatable bonds is 9. The van der Waals surface area contributed by atoms with E-state index in [-0.39, 0.29) is 35.4 Å². The summed E-state index contributed by atoms with van der Waals surface area (Å²) >= 11 is 0. The number of nitrogens with zero attached hydrogens (tertiary/aromatic N) is 2. The molecule has 2 fully saturated rings. The van der Waals surface area contributed by atoms with Crippen molar-refractivity contribution < 1.29 is 32.7 Å².